The van der Waals surface area contributed by atoms with E-state index in [0.29, 0.717) is 22.6 Å². The number of rotatable bonds is 8. The van der Waals surface area contributed by atoms with Crippen molar-refractivity contribution in [3.8, 4) is 17.6 Å². The van der Waals surface area contributed by atoms with Crippen LogP contribution in [0.2, 0.25) is 0 Å². The molecule has 146 valence electrons. The maximum absolute atomic E-state index is 13.7. The molecule has 0 unspecified atom stereocenters. The van der Waals surface area contributed by atoms with Gasteiger partial charge in [-0.2, -0.15) is 5.26 Å². The van der Waals surface area contributed by atoms with Crippen LogP contribution in [0.15, 0.2) is 71.9 Å². The minimum Gasteiger partial charge on any atom is -0.493 e. The van der Waals surface area contributed by atoms with Gasteiger partial charge in [0.05, 0.1) is 25.0 Å². The highest BCUT2D eigenvalue weighted by Gasteiger charge is 2.08. The van der Waals surface area contributed by atoms with Crippen LogP contribution in [0.1, 0.15) is 22.3 Å². The van der Waals surface area contributed by atoms with Gasteiger partial charge in [0.1, 0.15) is 19.0 Å². The summed E-state index contributed by atoms with van der Waals surface area (Å²) in [5.41, 5.74) is 2.53. The van der Waals surface area contributed by atoms with Gasteiger partial charge in [-0.05, 0) is 30.3 Å². The largest absolute Gasteiger partial charge is 0.493 e. The zero-order chi connectivity index (χ0) is 20.5. The van der Waals surface area contributed by atoms with Gasteiger partial charge in [-0.15, -0.1) is 0 Å². The predicted molar refractivity (Wildman–Crippen MR) is 107 cm³/mol. The predicted octanol–water partition coefficient (Wildman–Crippen LogP) is 4.84. The molecule has 0 saturated carbocycles. The molecule has 0 heterocycles. The Hall–Kier alpha value is -3.85. The molecule has 0 aromatic heterocycles. The smallest absolute Gasteiger partial charge is 0.161 e. The van der Waals surface area contributed by atoms with Crippen LogP contribution in [-0.2, 0) is 18.1 Å². The summed E-state index contributed by atoms with van der Waals surface area (Å²) in [5.74, 6) is 0.683. The highest BCUT2D eigenvalue weighted by molar-refractivity contribution is 5.80. The number of hydrogen-bond acceptors (Lipinski definition) is 5. The van der Waals surface area contributed by atoms with E-state index < -0.39 is 0 Å². The fourth-order valence-corrected chi connectivity index (χ4v) is 2.61. The Morgan fingerprint density at radius 1 is 0.966 bits per heavy atom. The van der Waals surface area contributed by atoms with Crippen LogP contribution < -0.4 is 9.47 Å². The molecule has 0 amide bonds. The molecule has 0 fully saturated rings. The standard InChI is InChI=1S/C23H19FN2O3/c1-27-23-12-17(14-26-29-16-19-7-3-2-6-18(19)13-25)10-11-22(23)28-15-20-8-4-5-9-21(20)24/h2-12,14H,15-16H2,1H3/b26-14-. The van der Waals surface area contributed by atoms with Crippen molar-refractivity contribution in [1.82, 2.24) is 0 Å². The fourth-order valence-electron chi connectivity index (χ4n) is 2.61. The first kappa shape index (κ1) is 19.9. The van der Waals surface area contributed by atoms with E-state index in [2.05, 4.69) is 11.2 Å². The van der Waals surface area contributed by atoms with E-state index in [1.807, 2.05) is 12.1 Å². The average Bonchev–Trinajstić information content (AvgIpc) is 2.76. The van der Waals surface area contributed by atoms with E-state index in [4.69, 9.17) is 19.6 Å². The summed E-state index contributed by atoms with van der Waals surface area (Å²) < 4.78 is 24.8. The number of hydrogen-bond donors (Lipinski definition) is 0. The lowest BCUT2D eigenvalue weighted by molar-refractivity contribution is 0.132. The maximum Gasteiger partial charge on any atom is 0.161 e. The second-order valence-electron chi connectivity index (χ2n) is 6.07. The SMILES string of the molecule is COc1cc(/C=N\OCc2ccccc2C#N)ccc1OCc1ccccc1F. The quantitative estimate of drug-likeness (QED) is 0.408. The molecule has 0 saturated heterocycles. The molecule has 6 heteroatoms. The van der Waals surface area contributed by atoms with E-state index in [0.717, 1.165) is 11.1 Å². The van der Waals surface area contributed by atoms with E-state index >= 15 is 0 Å². The third-order valence-electron chi connectivity index (χ3n) is 4.16. The molecule has 0 radical (unpaired) electrons. The zero-order valence-electron chi connectivity index (χ0n) is 15.8. The van der Waals surface area contributed by atoms with Gasteiger partial charge in [0.25, 0.3) is 0 Å². The van der Waals surface area contributed by atoms with Crippen molar-refractivity contribution in [3.63, 3.8) is 0 Å². The van der Waals surface area contributed by atoms with Crippen molar-refractivity contribution in [2.75, 3.05) is 7.11 Å². The van der Waals surface area contributed by atoms with Crippen molar-refractivity contribution in [3.05, 3.63) is 94.8 Å². The summed E-state index contributed by atoms with van der Waals surface area (Å²) >= 11 is 0. The first-order valence-electron chi connectivity index (χ1n) is 8.89. The first-order chi connectivity index (χ1) is 14.2. The Bertz CT molecular complexity index is 1040. The van der Waals surface area contributed by atoms with Crippen molar-refractivity contribution in [1.29, 1.82) is 5.26 Å². The van der Waals surface area contributed by atoms with Crippen LogP contribution in [0.3, 0.4) is 0 Å². The van der Waals surface area contributed by atoms with Gasteiger partial charge in [-0.1, -0.05) is 41.6 Å². The van der Waals surface area contributed by atoms with Crippen LogP contribution in [-0.4, -0.2) is 13.3 Å². The molecule has 3 aromatic rings. The van der Waals surface area contributed by atoms with Crippen molar-refractivity contribution in [2.24, 2.45) is 5.16 Å². The van der Waals surface area contributed by atoms with Gasteiger partial charge in [-0.3, -0.25) is 0 Å². The molecule has 5 nitrogen and oxygen atoms in total. The van der Waals surface area contributed by atoms with Crippen molar-refractivity contribution in [2.45, 2.75) is 13.2 Å². The van der Waals surface area contributed by atoms with Crippen LogP contribution in [0.4, 0.5) is 4.39 Å². The van der Waals surface area contributed by atoms with Gasteiger partial charge in [0, 0.05) is 16.7 Å². The van der Waals surface area contributed by atoms with Crippen LogP contribution >= 0.6 is 0 Å². The van der Waals surface area contributed by atoms with E-state index in [1.54, 1.807) is 48.5 Å². The monoisotopic (exact) mass is 390 g/mol. The number of oxime groups is 1. The Labute approximate surface area is 168 Å². The van der Waals surface area contributed by atoms with Crippen molar-refractivity contribution >= 4 is 6.21 Å². The normalized spacial score (nSPS) is 10.5. The van der Waals surface area contributed by atoms with Gasteiger partial charge in [0.2, 0.25) is 0 Å². The van der Waals surface area contributed by atoms with E-state index in [1.165, 1.54) is 19.4 Å². The Morgan fingerprint density at radius 2 is 1.72 bits per heavy atom. The second-order valence-corrected chi connectivity index (χ2v) is 6.07. The molecule has 0 aliphatic carbocycles. The number of nitriles is 1. The lowest BCUT2D eigenvalue weighted by Crippen LogP contribution is -2.00. The molecule has 3 aromatic carbocycles. The third-order valence-corrected chi connectivity index (χ3v) is 4.16. The highest BCUT2D eigenvalue weighted by Crippen LogP contribution is 2.28. The molecule has 0 aliphatic rings. The molecular weight excluding hydrogens is 371 g/mol. The average molecular weight is 390 g/mol. The Balaban J connectivity index is 1.61. The Morgan fingerprint density at radius 3 is 2.48 bits per heavy atom. The van der Waals surface area contributed by atoms with Gasteiger partial charge < -0.3 is 14.3 Å². The zero-order valence-corrected chi connectivity index (χ0v) is 15.8. The molecule has 0 bridgehead atoms. The molecular formula is C23H19FN2O3. The van der Waals surface area contributed by atoms with E-state index in [-0.39, 0.29) is 19.0 Å². The first-order valence-corrected chi connectivity index (χ1v) is 8.89. The number of benzene rings is 3. The molecule has 0 N–H and O–H groups in total. The van der Waals surface area contributed by atoms with Crippen LogP contribution in [0, 0.1) is 17.1 Å². The summed E-state index contributed by atoms with van der Waals surface area (Å²) in [7, 11) is 1.53. The fraction of sp³-hybridized carbons (Fsp3) is 0.130. The minimum atomic E-state index is -0.314. The van der Waals surface area contributed by atoms with Crippen LogP contribution in [0.5, 0.6) is 11.5 Å². The highest BCUT2D eigenvalue weighted by atomic mass is 19.1. The summed E-state index contributed by atoms with van der Waals surface area (Å²) in [4.78, 5) is 5.29. The summed E-state index contributed by atoms with van der Waals surface area (Å²) in [5, 5.41) is 13.0. The number of ether oxygens (including phenoxy) is 2. The van der Waals surface area contributed by atoms with Gasteiger partial charge >= 0.3 is 0 Å². The number of nitrogens with zero attached hydrogens (tertiary/aromatic N) is 2. The summed E-state index contributed by atoms with van der Waals surface area (Å²) in [6.45, 7) is 0.291. The molecule has 0 atom stereocenters. The number of halogens is 1. The van der Waals surface area contributed by atoms with Gasteiger partial charge in [0.15, 0.2) is 11.5 Å². The minimum absolute atomic E-state index is 0.0951. The maximum atomic E-state index is 13.7. The molecule has 3 rings (SSSR count). The summed E-state index contributed by atoms with van der Waals surface area (Å²) in [6.07, 6.45) is 1.54. The Kier molecular flexibility index (Phi) is 6.80. The third kappa shape index (κ3) is 5.33. The number of methoxy groups -OCH3 is 1. The lowest BCUT2D eigenvalue weighted by Gasteiger charge is -2.11. The molecule has 29 heavy (non-hydrogen) atoms. The second kappa shape index (κ2) is 9.90. The topological polar surface area (TPSA) is 63.8 Å². The van der Waals surface area contributed by atoms with E-state index in [9.17, 15) is 4.39 Å². The summed E-state index contributed by atoms with van der Waals surface area (Å²) in [6, 6.07) is 21.0. The van der Waals surface area contributed by atoms with Gasteiger partial charge in [-0.25, -0.2) is 4.39 Å². The molecule has 0 spiro atoms. The van der Waals surface area contributed by atoms with Crippen molar-refractivity contribution < 1.29 is 18.7 Å². The molecule has 0 aliphatic heterocycles. The lowest BCUT2D eigenvalue weighted by atomic mass is 10.1. The van der Waals surface area contributed by atoms with Crippen LogP contribution in [0.25, 0.3) is 0 Å².